The van der Waals surface area contributed by atoms with Crippen LogP contribution in [0.5, 0.6) is 0 Å². The maximum Gasteiger partial charge on any atom is 0.494 e. The molecule has 0 bridgehead atoms. The lowest BCUT2D eigenvalue weighted by Crippen LogP contribution is -2.41. The summed E-state index contributed by atoms with van der Waals surface area (Å²) in [6.45, 7) is 8.30. The Labute approximate surface area is 193 Å². The Bertz CT molecular complexity index is 1490. The van der Waals surface area contributed by atoms with Crippen LogP contribution in [0.15, 0.2) is 79.0 Å². The minimum atomic E-state index is -0.376. The normalized spacial score (nSPS) is 17.3. The standard InChI is InChI=1S/C28H25BN2O2/c1-27(2)28(3,4)33-29(32-27)20-14-11-19(12-15-20)25-22-16-13-18-8-7-17-30-26(18)24(22)21-9-5-6-10-23(21)31-25/h5-17H,1-4H3. The van der Waals surface area contributed by atoms with E-state index in [2.05, 4.69) is 88.4 Å². The van der Waals surface area contributed by atoms with Crippen LogP contribution in [-0.2, 0) is 9.31 Å². The lowest BCUT2D eigenvalue weighted by atomic mass is 9.78. The Kier molecular flexibility index (Phi) is 4.38. The highest BCUT2D eigenvalue weighted by molar-refractivity contribution is 6.62. The molecule has 33 heavy (non-hydrogen) atoms. The highest BCUT2D eigenvalue weighted by atomic mass is 16.7. The SMILES string of the molecule is CC1(C)OB(c2ccc(-c3nc4ccccc4c4c3ccc3cccnc34)cc2)OC1(C)C. The number of benzene rings is 3. The van der Waals surface area contributed by atoms with Gasteiger partial charge in [-0.1, -0.05) is 60.7 Å². The van der Waals surface area contributed by atoms with E-state index in [-0.39, 0.29) is 18.3 Å². The lowest BCUT2D eigenvalue weighted by Gasteiger charge is -2.32. The van der Waals surface area contributed by atoms with Crippen LogP contribution in [0, 0.1) is 0 Å². The molecular weight excluding hydrogens is 407 g/mol. The molecule has 3 aromatic carbocycles. The van der Waals surface area contributed by atoms with Gasteiger partial charge in [0, 0.05) is 33.3 Å². The van der Waals surface area contributed by atoms with E-state index in [1.807, 2.05) is 18.3 Å². The Morgan fingerprint density at radius 1 is 0.727 bits per heavy atom. The number of hydrogen-bond donors (Lipinski definition) is 0. The van der Waals surface area contributed by atoms with Crippen molar-refractivity contribution in [1.82, 2.24) is 9.97 Å². The second-order valence-electron chi connectivity index (χ2n) is 9.75. The Balaban J connectivity index is 1.51. The summed E-state index contributed by atoms with van der Waals surface area (Å²) in [5.74, 6) is 0. The maximum absolute atomic E-state index is 6.23. The largest absolute Gasteiger partial charge is 0.494 e. The smallest absolute Gasteiger partial charge is 0.399 e. The van der Waals surface area contributed by atoms with E-state index >= 15 is 0 Å². The molecular formula is C28H25BN2O2. The van der Waals surface area contributed by atoms with Crippen LogP contribution in [0.3, 0.4) is 0 Å². The van der Waals surface area contributed by atoms with Crippen molar-refractivity contribution in [3.63, 3.8) is 0 Å². The zero-order valence-corrected chi connectivity index (χ0v) is 19.3. The van der Waals surface area contributed by atoms with E-state index in [0.717, 1.165) is 49.3 Å². The van der Waals surface area contributed by atoms with Gasteiger partial charge in [-0.15, -0.1) is 0 Å². The average Bonchev–Trinajstić information content (AvgIpc) is 3.05. The first-order chi connectivity index (χ1) is 15.8. The lowest BCUT2D eigenvalue weighted by molar-refractivity contribution is 0.00578. The Morgan fingerprint density at radius 2 is 1.45 bits per heavy atom. The fraction of sp³-hybridized carbons (Fsp3) is 0.214. The highest BCUT2D eigenvalue weighted by Gasteiger charge is 2.51. The molecule has 5 heteroatoms. The molecule has 162 valence electrons. The van der Waals surface area contributed by atoms with Crippen LogP contribution in [-0.4, -0.2) is 28.3 Å². The van der Waals surface area contributed by atoms with Gasteiger partial charge in [-0.3, -0.25) is 4.98 Å². The molecule has 0 amide bonds. The number of nitrogens with zero attached hydrogens (tertiary/aromatic N) is 2. The summed E-state index contributed by atoms with van der Waals surface area (Å²) in [6.07, 6.45) is 1.86. The average molecular weight is 432 g/mol. The van der Waals surface area contributed by atoms with Crippen LogP contribution in [0.1, 0.15) is 27.7 Å². The van der Waals surface area contributed by atoms with Crippen LogP contribution in [0.25, 0.3) is 43.8 Å². The molecule has 6 rings (SSSR count). The van der Waals surface area contributed by atoms with Crippen LogP contribution < -0.4 is 5.46 Å². The maximum atomic E-state index is 6.23. The second-order valence-corrected chi connectivity index (χ2v) is 9.75. The number of hydrogen-bond acceptors (Lipinski definition) is 4. The minimum absolute atomic E-state index is 0.361. The van der Waals surface area contributed by atoms with Gasteiger partial charge in [0.1, 0.15) is 0 Å². The summed E-state index contributed by atoms with van der Waals surface area (Å²) >= 11 is 0. The summed E-state index contributed by atoms with van der Waals surface area (Å²) in [6, 6.07) is 25.1. The van der Waals surface area contributed by atoms with E-state index in [1.54, 1.807) is 0 Å². The third-order valence-electron chi connectivity index (χ3n) is 7.14. The van der Waals surface area contributed by atoms with Gasteiger partial charge >= 0.3 is 7.12 Å². The van der Waals surface area contributed by atoms with Crippen LogP contribution in [0.4, 0.5) is 0 Å². The Hall–Kier alpha value is -3.28. The molecule has 1 aliphatic heterocycles. The van der Waals surface area contributed by atoms with Gasteiger partial charge in [0.05, 0.1) is 27.9 Å². The molecule has 5 aromatic rings. The molecule has 0 atom stereocenters. The molecule has 0 radical (unpaired) electrons. The Morgan fingerprint density at radius 3 is 2.21 bits per heavy atom. The number of rotatable bonds is 2. The molecule has 0 spiro atoms. The van der Waals surface area contributed by atoms with Gasteiger partial charge < -0.3 is 9.31 Å². The first-order valence-corrected chi connectivity index (χ1v) is 11.4. The second kappa shape index (κ2) is 7.11. The van der Waals surface area contributed by atoms with Crippen molar-refractivity contribution in [2.75, 3.05) is 0 Å². The number of para-hydroxylation sites is 1. The van der Waals surface area contributed by atoms with Crippen molar-refractivity contribution in [3.8, 4) is 11.3 Å². The predicted molar refractivity (Wildman–Crippen MR) is 136 cm³/mol. The predicted octanol–water partition coefficient (Wildman–Crippen LogP) is 5.90. The van der Waals surface area contributed by atoms with Gasteiger partial charge in [-0.05, 0) is 45.3 Å². The quantitative estimate of drug-likeness (QED) is 0.257. The van der Waals surface area contributed by atoms with E-state index in [4.69, 9.17) is 19.3 Å². The molecule has 2 aromatic heterocycles. The molecule has 0 aliphatic carbocycles. The first-order valence-electron chi connectivity index (χ1n) is 11.4. The fourth-order valence-corrected chi connectivity index (χ4v) is 4.58. The summed E-state index contributed by atoms with van der Waals surface area (Å²) in [4.78, 5) is 9.79. The molecule has 1 fully saturated rings. The van der Waals surface area contributed by atoms with Crippen molar-refractivity contribution >= 4 is 45.2 Å². The number of fused-ring (bicyclic) bond motifs is 5. The van der Waals surface area contributed by atoms with Crippen molar-refractivity contribution < 1.29 is 9.31 Å². The van der Waals surface area contributed by atoms with Gasteiger partial charge in [0.15, 0.2) is 0 Å². The number of pyridine rings is 2. The molecule has 1 aliphatic rings. The van der Waals surface area contributed by atoms with Crippen molar-refractivity contribution in [3.05, 3.63) is 79.0 Å². The summed E-state index contributed by atoms with van der Waals surface area (Å²) < 4.78 is 12.5. The molecule has 4 nitrogen and oxygen atoms in total. The molecule has 0 saturated carbocycles. The van der Waals surface area contributed by atoms with E-state index < -0.39 is 0 Å². The fourth-order valence-electron chi connectivity index (χ4n) is 4.58. The van der Waals surface area contributed by atoms with Crippen LogP contribution in [0.2, 0.25) is 0 Å². The zero-order chi connectivity index (χ0) is 22.8. The molecule has 1 saturated heterocycles. The zero-order valence-electron chi connectivity index (χ0n) is 19.3. The van der Waals surface area contributed by atoms with E-state index in [0.29, 0.717) is 0 Å². The molecule has 0 unspecified atom stereocenters. The van der Waals surface area contributed by atoms with Crippen LogP contribution >= 0.6 is 0 Å². The van der Waals surface area contributed by atoms with Gasteiger partial charge in [0.25, 0.3) is 0 Å². The monoisotopic (exact) mass is 432 g/mol. The third kappa shape index (κ3) is 3.15. The van der Waals surface area contributed by atoms with Crippen molar-refractivity contribution in [1.29, 1.82) is 0 Å². The number of aromatic nitrogens is 2. The van der Waals surface area contributed by atoms with Gasteiger partial charge in [0.2, 0.25) is 0 Å². The summed E-state index contributed by atoms with van der Waals surface area (Å²) in [7, 11) is -0.376. The third-order valence-corrected chi connectivity index (χ3v) is 7.14. The summed E-state index contributed by atoms with van der Waals surface area (Å²) in [5.41, 5.74) is 4.27. The summed E-state index contributed by atoms with van der Waals surface area (Å²) in [5, 5.41) is 4.49. The van der Waals surface area contributed by atoms with Crippen molar-refractivity contribution in [2.24, 2.45) is 0 Å². The molecule has 3 heterocycles. The van der Waals surface area contributed by atoms with Gasteiger partial charge in [-0.25, -0.2) is 4.98 Å². The molecule has 0 N–H and O–H groups in total. The first kappa shape index (κ1) is 20.3. The van der Waals surface area contributed by atoms with Gasteiger partial charge in [-0.2, -0.15) is 0 Å². The van der Waals surface area contributed by atoms with E-state index in [1.165, 1.54) is 0 Å². The minimum Gasteiger partial charge on any atom is -0.399 e. The topological polar surface area (TPSA) is 44.2 Å². The highest BCUT2D eigenvalue weighted by Crippen LogP contribution is 2.38. The van der Waals surface area contributed by atoms with Crippen molar-refractivity contribution in [2.45, 2.75) is 38.9 Å². The van der Waals surface area contributed by atoms with E-state index in [9.17, 15) is 0 Å².